The smallest absolute Gasteiger partial charge is 0.242 e. The number of nitrogens with zero attached hydrogens (tertiary/aromatic N) is 1. The second-order valence-electron chi connectivity index (χ2n) is 6.57. The highest BCUT2D eigenvalue weighted by atomic mass is 35.5. The van der Waals surface area contributed by atoms with Gasteiger partial charge < -0.3 is 10.2 Å². The van der Waals surface area contributed by atoms with Gasteiger partial charge in [0.05, 0.1) is 0 Å². The third kappa shape index (κ3) is 6.57. The molecule has 0 unspecified atom stereocenters. The van der Waals surface area contributed by atoms with Crippen molar-refractivity contribution < 1.29 is 9.59 Å². The molecular weight excluding hydrogens is 392 g/mol. The Labute approximate surface area is 176 Å². The van der Waals surface area contributed by atoms with Crippen molar-refractivity contribution >= 4 is 35.2 Å². The van der Waals surface area contributed by atoms with Gasteiger partial charge in [-0.1, -0.05) is 35.9 Å². The lowest BCUT2D eigenvalue weighted by Crippen LogP contribution is -2.47. The van der Waals surface area contributed by atoms with Crippen LogP contribution in [0, 0.1) is 6.92 Å². The lowest BCUT2D eigenvalue weighted by atomic mass is 10.1. The van der Waals surface area contributed by atoms with E-state index in [1.807, 2.05) is 62.4 Å². The number of thioether (sulfide) groups is 1. The normalized spacial score (nSPS) is 11.7. The molecular formula is C22H27ClN2O2S. The van der Waals surface area contributed by atoms with Gasteiger partial charge in [-0.25, -0.2) is 0 Å². The highest BCUT2D eigenvalue weighted by Gasteiger charge is 2.25. The van der Waals surface area contributed by atoms with Gasteiger partial charge in [-0.2, -0.15) is 0 Å². The van der Waals surface area contributed by atoms with E-state index < -0.39 is 6.04 Å². The van der Waals surface area contributed by atoms with Gasteiger partial charge in [-0.05, 0) is 56.2 Å². The highest BCUT2D eigenvalue weighted by molar-refractivity contribution is 7.99. The molecule has 4 nitrogen and oxygen atoms in total. The van der Waals surface area contributed by atoms with Crippen molar-refractivity contribution in [1.82, 2.24) is 10.2 Å². The number of nitrogens with one attached hydrogen (secondary N) is 1. The van der Waals surface area contributed by atoms with Crippen LogP contribution in [0.4, 0.5) is 0 Å². The Kier molecular flexibility index (Phi) is 8.87. The van der Waals surface area contributed by atoms with Gasteiger partial charge in [0.25, 0.3) is 0 Å². The number of carbonyl (C=O) groups is 2. The molecule has 0 saturated carbocycles. The van der Waals surface area contributed by atoms with Gasteiger partial charge in [0, 0.05) is 35.2 Å². The maximum Gasteiger partial charge on any atom is 0.242 e. The summed E-state index contributed by atoms with van der Waals surface area (Å²) in [5.41, 5.74) is 2.16. The van der Waals surface area contributed by atoms with E-state index in [0.29, 0.717) is 30.3 Å². The fraction of sp³-hybridized carbons (Fsp3) is 0.364. The number of carbonyl (C=O) groups excluding carboxylic acids is 2. The zero-order valence-corrected chi connectivity index (χ0v) is 18.1. The molecule has 6 heteroatoms. The second-order valence-corrected chi connectivity index (χ2v) is 8.18. The second kappa shape index (κ2) is 11.1. The zero-order valence-electron chi connectivity index (χ0n) is 16.6. The summed E-state index contributed by atoms with van der Waals surface area (Å²) in [5, 5.41) is 3.51. The molecule has 2 rings (SSSR count). The zero-order chi connectivity index (χ0) is 20.5. The highest BCUT2D eigenvalue weighted by Crippen LogP contribution is 2.22. The molecule has 2 amide bonds. The largest absolute Gasteiger partial charge is 0.355 e. The quantitative estimate of drug-likeness (QED) is 0.601. The first kappa shape index (κ1) is 22.3. The van der Waals surface area contributed by atoms with Crippen LogP contribution in [0.15, 0.2) is 53.4 Å². The summed E-state index contributed by atoms with van der Waals surface area (Å²) in [4.78, 5) is 28.1. The van der Waals surface area contributed by atoms with E-state index in [4.69, 9.17) is 11.6 Å². The molecule has 0 aliphatic heterocycles. The Morgan fingerprint density at radius 1 is 1.14 bits per heavy atom. The molecule has 0 radical (unpaired) electrons. The molecule has 0 aromatic heterocycles. The summed E-state index contributed by atoms with van der Waals surface area (Å²) in [6.07, 6.45) is 0.364. The Bertz CT molecular complexity index is 795. The van der Waals surface area contributed by atoms with Gasteiger partial charge in [0.1, 0.15) is 6.04 Å². The van der Waals surface area contributed by atoms with E-state index in [1.54, 1.807) is 23.6 Å². The van der Waals surface area contributed by atoms with Crippen LogP contribution in [0.5, 0.6) is 0 Å². The summed E-state index contributed by atoms with van der Waals surface area (Å²) in [6, 6.07) is 15.0. The SMILES string of the molecule is CCNC(=O)[C@H](C)N(Cc1ccccc1C)C(=O)CCSc1ccc(Cl)cc1. The summed E-state index contributed by atoms with van der Waals surface area (Å²) in [7, 11) is 0. The maximum absolute atomic E-state index is 13.0. The average Bonchev–Trinajstić information content (AvgIpc) is 2.68. The Balaban J connectivity index is 2.06. The molecule has 150 valence electrons. The lowest BCUT2D eigenvalue weighted by molar-refractivity contribution is -0.140. The van der Waals surface area contributed by atoms with E-state index in [1.165, 1.54) is 0 Å². The summed E-state index contributed by atoms with van der Waals surface area (Å²) in [5.74, 6) is 0.491. The molecule has 0 spiro atoms. The first-order valence-electron chi connectivity index (χ1n) is 9.42. The molecule has 0 heterocycles. The number of aryl methyl sites for hydroxylation is 1. The number of hydrogen-bond acceptors (Lipinski definition) is 3. The van der Waals surface area contributed by atoms with Crippen LogP contribution in [0.1, 0.15) is 31.4 Å². The van der Waals surface area contributed by atoms with Crippen molar-refractivity contribution in [2.45, 2.75) is 44.7 Å². The van der Waals surface area contributed by atoms with Crippen LogP contribution < -0.4 is 5.32 Å². The van der Waals surface area contributed by atoms with Crippen LogP contribution in [-0.4, -0.2) is 35.1 Å². The van der Waals surface area contributed by atoms with Crippen LogP contribution >= 0.6 is 23.4 Å². The fourth-order valence-electron chi connectivity index (χ4n) is 2.81. The molecule has 0 saturated heterocycles. The molecule has 2 aromatic rings. The minimum atomic E-state index is -0.521. The van der Waals surface area contributed by atoms with Crippen LogP contribution in [0.3, 0.4) is 0 Å². The predicted octanol–water partition coefficient (Wildman–Crippen LogP) is 4.68. The summed E-state index contributed by atoms with van der Waals surface area (Å²) >= 11 is 7.52. The van der Waals surface area contributed by atoms with E-state index in [2.05, 4.69) is 5.32 Å². The van der Waals surface area contributed by atoms with Gasteiger partial charge in [0.15, 0.2) is 0 Å². The van der Waals surface area contributed by atoms with Crippen molar-refractivity contribution in [3.63, 3.8) is 0 Å². The molecule has 28 heavy (non-hydrogen) atoms. The average molecular weight is 419 g/mol. The van der Waals surface area contributed by atoms with Crippen LogP contribution in [0.2, 0.25) is 5.02 Å². The number of hydrogen-bond donors (Lipinski definition) is 1. The van der Waals surface area contributed by atoms with E-state index in [-0.39, 0.29) is 11.8 Å². The van der Waals surface area contributed by atoms with Crippen molar-refractivity contribution in [1.29, 1.82) is 0 Å². The Morgan fingerprint density at radius 2 is 1.82 bits per heavy atom. The summed E-state index contributed by atoms with van der Waals surface area (Å²) < 4.78 is 0. The Morgan fingerprint density at radius 3 is 2.46 bits per heavy atom. The maximum atomic E-state index is 13.0. The van der Waals surface area contributed by atoms with E-state index >= 15 is 0 Å². The minimum Gasteiger partial charge on any atom is -0.355 e. The number of amides is 2. The molecule has 0 bridgehead atoms. The van der Waals surface area contributed by atoms with Crippen molar-refractivity contribution in [3.05, 3.63) is 64.7 Å². The third-order valence-electron chi connectivity index (χ3n) is 4.52. The van der Waals surface area contributed by atoms with Crippen molar-refractivity contribution in [3.8, 4) is 0 Å². The molecule has 0 aliphatic carbocycles. The number of halogens is 1. The molecule has 1 N–H and O–H groups in total. The van der Waals surface area contributed by atoms with E-state index in [0.717, 1.165) is 16.0 Å². The lowest BCUT2D eigenvalue weighted by Gasteiger charge is -2.29. The van der Waals surface area contributed by atoms with Gasteiger partial charge in [-0.3, -0.25) is 9.59 Å². The molecule has 0 aliphatic rings. The number of benzene rings is 2. The third-order valence-corrected chi connectivity index (χ3v) is 5.78. The first-order chi connectivity index (χ1) is 13.4. The molecule has 0 fully saturated rings. The monoisotopic (exact) mass is 418 g/mol. The molecule has 2 aromatic carbocycles. The minimum absolute atomic E-state index is 0.0246. The predicted molar refractivity (Wildman–Crippen MR) is 117 cm³/mol. The van der Waals surface area contributed by atoms with Gasteiger partial charge in [-0.15, -0.1) is 11.8 Å². The summed E-state index contributed by atoms with van der Waals surface area (Å²) in [6.45, 7) is 6.65. The van der Waals surface area contributed by atoms with E-state index in [9.17, 15) is 9.59 Å². The fourth-order valence-corrected chi connectivity index (χ4v) is 3.77. The number of rotatable bonds is 9. The number of likely N-dealkylation sites (N-methyl/N-ethyl adjacent to an activating group) is 1. The van der Waals surface area contributed by atoms with Crippen LogP contribution in [-0.2, 0) is 16.1 Å². The van der Waals surface area contributed by atoms with Crippen molar-refractivity contribution in [2.75, 3.05) is 12.3 Å². The topological polar surface area (TPSA) is 49.4 Å². The molecule has 1 atom stereocenters. The van der Waals surface area contributed by atoms with Gasteiger partial charge >= 0.3 is 0 Å². The van der Waals surface area contributed by atoms with Crippen molar-refractivity contribution in [2.24, 2.45) is 0 Å². The first-order valence-corrected chi connectivity index (χ1v) is 10.8. The standard InChI is InChI=1S/C22H27ClN2O2S/c1-4-24-22(27)17(3)25(15-18-8-6-5-7-16(18)2)21(26)13-14-28-20-11-9-19(23)10-12-20/h5-12,17H,4,13-15H2,1-3H3,(H,24,27)/t17-/m0/s1. The van der Waals surface area contributed by atoms with Gasteiger partial charge in [0.2, 0.25) is 11.8 Å². The Hall–Kier alpha value is -1.98. The van der Waals surface area contributed by atoms with Crippen LogP contribution in [0.25, 0.3) is 0 Å².